The monoisotopic (exact) mass is 373 g/mol. The lowest BCUT2D eigenvalue weighted by molar-refractivity contribution is -0.147. The van der Waals surface area contributed by atoms with Gasteiger partial charge in [-0.15, -0.1) is 0 Å². The molecule has 4 unspecified atom stereocenters. The summed E-state index contributed by atoms with van der Waals surface area (Å²) in [5, 5.41) is 12.0. The van der Waals surface area contributed by atoms with Crippen molar-refractivity contribution in [3.05, 3.63) is 42.0 Å². The van der Waals surface area contributed by atoms with Crippen LogP contribution in [0.5, 0.6) is 0 Å². The number of hydrogen-bond acceptors (Lipinski definition) is 5. The Hall–Kier alpha value is -3.20. The normalized spacial score (nSPS) is 27.9. The van der Waals surface area contributed by atoms with Crippen LogP contribution in [0.15, 0.2) is 36.4 Å². The molecule has 27 heavy (non-hydrogen) atoms. The van der Waals surface area contributed by atoms with Gasteiger partial charge < -0.3 is 15.2 Å². The molecule has 2 aliphatic heterocycles. The van der Waals surface area contributed by atoms with E-state index in [9.17, 15) is 24.3 Å². The Morgan fingerprint density at radius 2 is 1.78 bits per heavy atom. The van der Waals surface area contributed by atoms with E-state index in [4.69, 9.17) is 4.74 Å². The molecule has 0 spiro atoms. The molecule has 3 rings (SSSR count). The molecule has 2 bridgehead atoms. The average Bonchev–Trinajstić information content (AvgIpc) is 3.13. The SMILES string of the molecule is CC(=O)Nc1ccc(C(=O)NNC(=O)C2C(C(=O)O)C3C=CC2(C)O3)cc1. The van der Waals surface area contributed by atoms with Crippen LogP contribution in [0.4, 0.5) is 5.69 Å². The quantitative estimate of drug-likeness (QED) is 0.447. The fraction of sp³-hybridized carbons (Fsp3) is 0.333. The molecule has 4 atom stereocenters. The first-order chi connectivity index (χ1) is 12.7. The predicted molar refractivity (Wildman–Crippen MR) is 93.4 cm³/mol. The van der Waals surface area contributed by atoms with Crippen molar-refractivity contribution in [3.8, 4) is 0 Å². The zero-order valence-electron chi connectivity index (χ0n) is 14.7. The Morgan fingerprint density at radius 3 is 2.37 bits per heavy atom. The van der Waals surface area contributed by atoms with Gasteiger partial charge in [0.1, 0.15) is 5.92 Å². The number of nitrogens with one attached hydrogen (secondary N) is 3. The number of carboxylic acids is 1. The van der Waals surface area contributed by atoms with E-state index in [1.165, 1.54) is 19.1 Å². The zero-order valence-corrected chi connectivity index (χ0v) is 14.7. The van der Waals surface area contributed by atoms with Crippen molar-refractivity contribution in [3.63, 3.8) is 0 Å². The molecule has 1 fully saturated rings. The standard InChI is InChI=1S/C18H19N3O6/c1-9(22)19-11-5-3-10(4-6-11)15(23)20-21-16(24)14-13(17(25)26)12-7-8-18(14,2)27-12/h3-8,12-14H,1-2H3,(H,19,22)(H,20,23)(H,21,24)(H,25,26). The highest BCUT2D eigenvalue weighted by Crippen LogP contribution is 2.46. The highest BCUT2D eigenvalue weighted by molar-refractivity contribution is 5.97. The molecule has 0 aliphatic carbocycles. The largest absolute Gasteiger partial charge is 0.481 e. The molecule has 0 saturated carbocycles. The van der Waals surface area contributed by atoms with Crippen LogP contribution in [-0.4, -0.2) is 40.5 Å². The molecule has 2 heterocycles. The van der Waals surface area contributed by atoms with Crippen LogP contribution in [0.1, 0.15) is 24.2 Å². The topological polar surface area (TPSA) is 134 Å². The number of ether oxygens (including phenoxy) is 1. The lowest BCUT2D eigenvalue weighted by Crippen LogP contribution is -2.52. The summed E-state index contributed by atoms with van der Waals surface area (Å²) >= 11 is 0. The molecular formula is C18H19N3O6. The fourth-order valence-electron chi connectivity index (χ4n) is 3.46. The number of aliphatic carboxylic acids is 1. The molecule has 9 heteroatoms. The number of rotatable bonds is 4. The van der Waals surface area contributed by atoms with E-state index in [1.807, 2.05) is 0 Å². The summed E-state index contributed by atoms with van der Waals surface area (Å²) < 4.78 is 5.60. The Balaban J connectivity index is 1.63. The van der Waals surface area contributed by atoms with E-state index in [0.29, 0.717) is 5.69 Å². The summed E-state index contributed by atoms with van der Waals surface area (Å²) in [5.74, 6) is -4.56. The molecule has 3 amide bonds. The highest BCUT2D eigenvalue weighted by atomic mass is 16.5. The van der Waals surface area contributed by atoms with Crippen LogP contribution >= 0.6 is 0 Å². The van der Waals surface area contributed by atoms with Crippen molar-refractivity contribution >= 4 is 29.4 Å². The molecular weight excluding hydrogens is 354 g/mol. The Labute approximate surface area is 154 Å². The van der Waals surface area contributed by atoms with Gasteiger partial charge in [0.25, 0.3) is 5.91 Å². The van der Waals surface area contributed by atoms with Crippen molar-refractivity contribution in [2.45, 2.75) is 25.6 Å². The lowest BCUT2D eigenvalue weighted by atomic mass is 9.76. The highest BCUT2D eigenvalue weighted by Gasteiger charge is 2.59. The second kappa shape index (κ2) is 6.84. The number of hydrazine groups is 1. The van der Waals surface area contributed by atoms with Crippen molar-refractivity contribution in [2.24, 2.45) is 11.8 Å². The zero-order chi connectivity index (χ0) is 19.8. The first kappa shape index (κ1) is 18.6. The molecule has 9 nitrogen and oxygen atoms in total. The van der Waals surface area contributed by atoms with Crippen LogP contribution < -0.4 is 16.2 Å². The van der Waals surface area contributed by atoms with Gasteiger partial charge in [-0.25, -0.2) is 0 Å². The second-order valence-electron chi connectivity index (χ2n) is 6.67. The smallest absolute Gasteiger partial charge is 0.310 e. The van der Waals surface area contributed by atoms with Gasteiger partial charge >= 0.3 is 5.97 Å². The van der Waals surface area contributed by atoms with E-state index in [1.54, 1.807) is 31.2 Å². The number of benzene rings is 1. The van der Waals surface area contributed by atoms with Crippen molar-refractivity contribution in [1.82, 2.24) is 10.9 Å². The van der Waals surface area contributed by atoms with E-state index in [-0.39, 0.29) is 11.5 Å². The molecule has 2 aliphatic rings. The van der Waals surface area contributed by atoms with Crippen LogP contribution in [0, 0.1) is 11.8 Å². The summed E-state index contributed by atoms with van der Waals surface area (Å²) in [6.07, 6.45) is 2.64. The molecule has 0 radical (unpaired) electrons. The summed E-state index contributed by atoms with van der Waals surface area (Å²) in [7, 11) is 0. The number of fused-ring (bicyclic) bond motifs is 2. The number of carboxylic acid groups (broad SMARTS) is 1. The minimum absolute atomic E-state index is 0.233. The first-order valence-corrected chi connectivity index (χ1v) is 8.29. The predicted octanol–water partition coefficient (Wildman–Crippen LogP) is 0.450. The molecule has 142 valence electrons. The van der Waals surface area contributed by atoms with Gasteiger partial charge in [0.05, 0.1) is 17.6 Å². The molecule has 1 saturated heterocycles. The molecule has 1 aromatic rings. The third kappa shape index (κ3) is 3.54. The fourth-order valence-corrected chi connectivity index (χ4v) is 3.46. The van der Waals surface area contributed by atoms with Crippen LogP contribution in [0.3, 0.4) is 0 Å². The first-order valence-electron chi connectivity index (χ1n) is 8.29. The Morgan fingerprint density at radius 1 is 1.11 bits per heavy atom. The molecule has 4 N–H and O–H groups in total. The number of hydrogen-bond donors (Lipinski definition) is 4. The van der Waals surface area contributed by atoms with Crippen molar-refractivity contribution < 1.29 is 29.0 Å². The minimum Gasteiger partial charge on any atom is -0.481 e. The number of carbonyl (C=O) groups is 4. The summed E-state index contributed by atoms with van der Waals surface area (Å²) in [6.45, 7) is 3.01. The van der Waals surface area contributed by atoms with Gasteiger partial charge in [-0.2, -0.15) is 0 Å². The number of carbonyl (C=O) groups excluding carboxylic acids is 3. The average molecular weight is 373 g/mol. The van der Waals surface area contributed by atoms with Gasteiger partial charge in [0.2, 0.25) is 11.8 Å². The molecule has 1 aromatic carbocycles. The summed E-state index contributed by atoms with van der Waals surface area (Å²) in [4.78, 5) is 47.2. The summed E-state index contributed by atoms with van der Waals surface area (Å²) in [5.41, 5.74) is 4.32. The van der Waals surface area contributed by atoms with E-state index >= 15 is 0 Å². The van der Waals surface area contributed by atoms with Gasteiger partial charge in [0.15, 0.2) is 0 Å². The van der Waals surface area contributed by atoms with Gasteiger partial charge in [-0.3, -0.25) is 30.0 Å². The van der Waals surface area contributed by atoms with Gasteiger partial charge in [-0.05, 0) is 31.2 Å². The van der Waals surface area contributed by atoms with E-state index in [0.717, 1.165) is 0 Å². The maximum Gasteiger partial charge on any atom is 0.310 e. The van der Waals surface area contributed by atoms with E-state index in [2.05, 4.69) is 16.2 Å². The van der Waals surface area contributed by atoms with Crippen LogP contribution in [-0.2, 0) is 19.1 Å². The number of amides is 3. The Bertz CT molecular complexity index is 834. The third-order valence-electron chi connectivity index (χ3n) is 4.67. The van der Waals surface area contributed by atoms with Crippen LogP contribution in [0.25, 0.3) is 0 Å². The molecule has 0 aromatic heterocycles. The third-order valence-corrected chi connectivity index (χ3v) is 4.67. The summed E-state index contributed by atoms with van der Waals surface area (Å²) in [6, 6.07) is 6.07. The lowest BCUT2D eigenvalue weighted by Gasteiger charge is -2.27. The van der Waals surface area contributed by atoms with Crippen molar-refractivity contribution in [2.75, 3.05) is 5.32 Å². The van der Waals surface area contributed by atoms with E-state index < -0.39 is 41.3 Å². The van der Waals surface area contributed by atoms with Gasteiger partial charge in [-0.1, -0.05) is 12.2 Å². The van der Waals surface area contributed by atoms with Gasteiger partial charge in [0, 0.05) is 18.2 Å². The maximum atomic E-state index is 12.5. The maximum absolute atomic E-state index is 12.5. The number of anilines is 1. The Kier molecular flexibility index (Phi) is 4.71. The second-order valence-corrected chi connectivity index (χ2v) is 6.67. The van der Waals surface area contributed by atoms with Crippen LogP contribution in [0.2, 0.25) is 0 Å². The minimum atomic E-state index is -1.13. The van der Waals surface area contributed by atoms with Crippen molar-refractivity contribution in [1.29, 1.82) is 0 Å².